The van der Waals surface area contributed by atoms with Gasteiger partial charge in [-0.1, -0.05) is 37.4 Å². The first-order chi connectivity index (χ1) is 13.9. The minimum absolute atomic E-state index is 0.0639. The molecule has 0 N–H and O–H groups in total. The molecule has 1 aromatic rings. The summed E-state index contributed by atoms with van der Waals surface area (Å²) in [4.78, 5) is 0. The molecule has 29 heavy (non-hydrogen) atoms. The molecule has 1 nitrogen and oxygen atoms in total. The molecule has 0 spiro atoms. The first kappa shape index (κ1) is 22.6. The molecule has 3 rings (SSSR count). The lowest BCUT2D eigenvalue weighted by molar-refractivity contribution is 0.147. The predicted molar refractivity (Wildman–Crippen MR) is 111 cm³/mol. The van der Waals surface area contributed by atoms with Crippen LogP contribution < -0.4 is 4.74 Å². The summed E-state index contributed by atoms with van der Waals surface area (Å²) in [5, 5.41) is 0. The third-order valence-electron chi connectivity index (χ3n) is 7.11. The molecule has 0 bridgehead atoms. The van der Waals surface area contributed by atoms with E-state index in [-0.39, 0.29) is 5.75 Å². The van der Waals surface area contributed by atoms with Crippen molar-refractivity contribution in [1.29, 1.82) is 0 Å². The number of hydrogen-bond acceptors (Lipinski definition) is 1. The summed E-state index contributed by atoms with van der Waals surface area (Å²) in [5.41, 5.74) is 0. The van der Waals surface area contributed by atoms with Gasteiger partial charge in [-0.3, -0.25) is 0 Å². The quantitative estimate of drug-likeness (QED) is 0.244. The van der Waals surface area contributed by atoms with E-state index >= 15 is 0 Å². The molecule has 6 heteroatoms. The third kappa shape index (κ3) is 6.73. The number of halogens is 4. The maximum Gasteiger partial charge on any atom is 0.194 e. The zero-order valence-corrected chi connectivity index (χ0v) is 18.6. The molecular weight excluding hydrogens is 396 g/mol. The van der Waals surface area contributed by atoms with Crippen molar-refractivity contribution >= 4 is 8.80 Å². The Bertz CT molecular complexity index is 615. The van der Waals surface area contributed by atoms with Gasteiger partial charge in [-0.05, 0) is 56.8 Å². The highest BCUT2D eigenvalue weighted by molar-refractivity contribution is 6.58. The van der Waals surface area contributed by atoms with Crippen LogP contribution in [0.1, 0.15) is 58.3 Å². The van der Waals surface area contributed by atoms with Gasteiger partial charge in [-0.15, -0.1) is 0 Å². The first-order valence-corrected chi connectivity index (χ1v) is 13.8. The molecule has 1 aliphatic carbocycles. The van der Waals surface area contributed by atoms with Crippen LogP contribution in [0.4, 0.5) is 17.6 Å². The number of benzene rings is 1. The highest BCUT2D eigenvalue weighted by Crippen LogP contribution is 2.41. The largest absolute Gasteiger partial charge is 0.493 e. The molecule has 1 aliphatic heterocycles. The molecule has 2 aliphatic rings. The fraction of sp³-hybridized carbons (Fsp3) is 0.739. The van der Waals surface area contributed by atoms with Crippen LogP contribution >= 0.6 is 0 Å². The molecule has 0 radical (unpaired) electrons. The second kappa shape index (κ2) is 10.8. The van der Waals surface area contributed by atoms with E-state index in [4.69, 9.17) is 4.74 Å². The maximum absolute atomic E-state index is 13.3. The second-order valence-electron chi connectivity index (χ2n) is 9.29. The monoisotopic (exact) mass is 430 g/mol. The number of alkyl halides is 1. The van der Waals surface area contributed by atoms with Crippen molar-refractivity contribution in [2.45, 2.75) is 82.6 Å². The van der Waals surface area contributed by atoms with Gasteiger partial charge < -0.3 is 4.74 Å². The summed E-state index contributed by atoms with van der Waals surface area (Å²) in [6.45, 7) is 2.10. The van der Waals surface area contributed by atoms with E-state index in [1.54, 1.807) is 6.92 Å². The minimum Gasteiger partial charge on any atom is -0.493 e. The molecule has 164 valence electrons. The molecule has 1 atom stereocenters. The highest BCUT2D eigenvalue weighted by Gasteiger charge is 2.31. The zero-order valence-electron chi connectivity index (χ0n) is 17.4. The van der Waals surface area contributed by atoms with E-state index in [1.165, 1.54) is 43.8 Å². The van der Waals surface area contributed by atoms with E-state index in [1.807, 2.05) is 0 Å². The standard InChI is InChI=1S/C23H34F4OSi/c1-16(24)3-2-10-29-11-8-19(9-12-29)18-6-4-17(5-7-18)15-28-20-13-21(25)23(27)22(26)14-20/h13-14,16-19,29H,2-12,15H2,1H3/t16?,17-,18-,19-,29-. The Labute approximate surface area is 173 Å². The molecule has 1 saturated carbocycles. The molecule has 1 unspecified atom stereocenters. The Kier molecular flexibility index (Phi) is 8.45. The smallest absolute Gasteiger partial charge is 0.194 e. The van der Waals surface area contributed by atoms with Crippen LogP contribution in [-0.2, 0) is 0 Å². The Morgan fingerprint density at radius 3 is 2.14 bits per heavy atom. The average molecular weight is 431 g/mol. The summed E-state index contributed by atoms with van der Waals surface area (Å²) in [6, 6.07) is 6.00. The molecule has 0 amide bonds. The van der Waals surface area contributed by atoms with Crippen molar-refractivity contribution in [2.24, 2.45) is 17.8 Å². The Balaban J connectivity index is 1.35. The lowest BCUT2D eigenvalue weighted by Gasteiger charge is -2.37. The van der Waals surface area contributed by atoms with Crippen molar-refractivity contribution in [3.8, 4) is 5.75 Å². The summed E-state index contributed by atoms with van der Waals surface area (Å²) < 4.78 is 58.1. The molecule has 1 saturated heterocycles. The molecule has 1 aromatic carbocycles. The summed E-state index contributed by atoms with van der Waals surface area (Å²) in [5.74, 6) is -1.75. The number of ether oxygens (including phenoxy) is 1. The van der Waals surface area contributed by atoms with Crippen LogP contribution in [0.15, 0.2) is 12.1 Å². The van der Waals surface area contributed by atoms with E-state index < -0.39 is 32.4 Å². The molecule has 0 aromatic heterocycles. The molecular formula is C23H34F4OSi. The van der Waals surface area contributed by atoms with Crippen molar-refractivity contribution in [2.75, 3.05) is 6.61 Å². The van der Waals surface area contributed by atoms with Gasteiger partial charge in [0.1, 0.15) is 5.75 Å². The summed E-state index contributed by atoms with van der Waals surface area (Å²) in [7, 11) is -0.623. The zero-order chi connectivity index (χ0) is 20.8. The molecule has 1 heterocycles. The van der Waals surface area contributed by atoms with E-state index in [0.29, 0.717) is 12.5 Å². The minimum atomic E-state index is -1.45. The highest BCUT2D eigenvalue weighted by atomic mass is 28.3. The molecule has 2 fully saturated rings. The van der Waals surface area contributed by atoms with Gasteiger partial charge in [0.05, 0.1) is 12.8 Å². The van der Waals surface area contributed by atoms with E-state index in [2.05, 4.69) is 0 Å². The fourth-order valence-electron chi connectivity index (χ4n) is 5.29. The van der Waals surface area contributed by atoms with Crippen molar-refractivity contribution < 1.29 is 22.3 Å². The SMILES string of the molecule is CC(F)CCC[Si@H]1CC[C@H]([C@H]2CC[C@H](COc3cc(F)c(F)c(F)c3)CC2)CC1. The van der Waals surface area contributed by atoms with Gasteiger partial charge in [0.2, 0.25) is 0 Å². The summed E-state index contributed by atoms with van der Waals surface area (Å²) in [6.07, 6.45) is 8.46. The van der Waals surface area contributed by atoms with Crippen molar-refractivity contribution in [3.05, 3.63) is 29.6 Å². The van der Waals surface area contributed by atoms with Gasteiger partial charge in [0.25, 0.3) is 0 Å². The van der Waals surface area contributed by atoms with Gasteiger partial charge >= 0.3 is 0 Å². The van der Waals surface area contributed by atoms with Crippen molar-refractivity contribution in [1.82, 2.24) is 0 Å². The topological polar surface area (TPSA) is 9.23 Å². The maximum atomic E-state index is 13.3. The predicted octanol–water partition coefficient (Wildman–Crippen LogP) is 7.06. The lowest BCUT2D eigenvalue weighted by Crippen LogP contribution is -2.29. The Morgan fingerprint density at radius 2 is 1.55 bits per heavy atom. The normalized spacial score (nSPS) is 28.9. The average Bonchev–Trinajstić information content (AvgIpc) is 2.71. The van der Waals surface area contributed by atoms with Crippen LogP contribution in [0.25, 0.3) is 0 Å². The van der Waals surface area contributed by atoms with E-state index in [9.17, 15) is 17.6 Å². The van der Waals surface area contributed by atoms with Crippen LogP contribution in [0, 0.1) is 35.2 Å². The van der Waals surface area contributed by atoms with Gasteiger partial charge in [0, 0.05) is 20.9 Å². The number of rotatable bonds is 8. The van der Waals surface area contributed by atoms with Gasteiger partial charge in [-0.25, -0.2) is 17.6 Å². The fourth-order valence-corrected chi connectivity index (χ4v) is 8.77. The van der Waals surface area contributed by atoms with E-state index in [0.717, 1.165) is 49.7 Å². The Morgan fingerprint density at radius 1 is 0.966 bits per heavy atom. The van der Waals surface area contributed by atoms with Crippen molar-refractivity contribution in [3.63, 3.8) is 0 Å². The lowest BCUT2D eigenvalue weighted by atomic mass is 9.74. The first-order valence-electron chi connectivity index (χ1n) is 11.3. The number of hydrogen-bond donors (Lipinski definition) is 0. The second-order valence-corrected chi connectivity index (χ2v) is 12.7. The van der Waals surface area contributed by atoms with Crippen LogP contribution in [0.5, 0.6) is 5.75 Å². The third-order valence-corrected chi connectivity index (χ3v) is 10.6. The Hall–Kier alpha value is -1.04. The van der Waals surface area contributed by atoms with Crippen LogP contribution in [0.3, 0.4) is 0 Å². The van der Waals surface area contributed by atoms with Crippen LogP contribution in [0.2, 0.25) is 18.1 Å². The van der Waals surface area contributed by atoms with Crippen LogP contribution in [-0.4, -0.2) is 21.6 Å². The van der Waals surface area contributed by atoms with Gasteiger partial charge in [0.15, 0.2) is 17.5 Å². The summed E-state index contributed by atoms with van der Waals surface area (Å²) >= 11 is 0. The van der Waals surface area contributed by atoms with Gasteiger partial charge in [-0.2, -0.15) is 0 Å².